The van der Waals surface area contributed by atoms with Crippen LogP contribution in [0, 0.1) is 0 Å². The van der Waals surface area contributed by atoms with E-state index in [-0.39, 0.29) is 12.3 Å². The average Bonchev–Trinajstić information content (AvgIpc) is 2.26. The molecule has 1 aliphatic rings. The Kier molecular flexibility index (Phi) is 2.49. The average molecular weight is 190 g/mol. The van der Waals surface area contributed by atoms with Gasteiger partial charge in [-0.05, 0) is 0 Å². The van der Waals surface area contributed by atoms with Crippen molar-refractivity contribution in [2.75, 3.05) is 12.3 Å². The molecular weight excluding hydrogens is 182 g/mol. The van der Waals surface area contributed by atoms with Gasteiger partial charge in [0.05, 0.1) is 11.7 Å². The van der Waals surface area contributed by atoms with Crippen molar-refractivity contribution in [3.05, 3.63) is 11.5 Å². The fourth-order valence-electron chi connectivity index (χ4n) is 0.917. The topological polar surface area (TPSA) is 86.3 Å². The lowest BCUT2D eigenvalue weighted by Crippen LogP contribution is -2.40. The number of carboxylic acid groups (broad SMARTS) is 1. The summed E-state index contributed by atoms with van der Waals surface area (Å²) in [7, 11) is -3.10. The lowest BCUT2D eigenvalue weighted by atomic mass is 10.3. The molecule has 1 unspecified atom stereocenters. The van der Waals surface area contributed by atoms with E-state index >= 15 is 0 Å². The van der Waals surface area contributed by atoms with Gasteiger partial charge < -0.3 is 15.2 Å². The van der Waals surface area contributed by atoms with Crippen LogP contribution in [0.1, 0.15) is 0 Å². The Hall–Kier alpha value is -0.880. The molecule has 1 heterocycles. The van der Waals surface area contributed by atoms with E-state index in [0.717, 1.165) is 5.41 Å². The molecular formula is C6H8NO4S-. The third-order valence-electron chi connectivity index (χ3n) is 1.44. The highest BCUT2D eigenvalue weighted by molar-refractivity contribution is 7.94. The molecule has 0 aromatic rings. The van der Waals surface area contributed by atoms with Gasteiger partial charge in [0.1, 0.15) is 0 Å². The van der Waals surface area contributed by atoms with Gasteiger partial charge in [0.15, 0.2) is 9.84 Å². The summed E-state index contributed by atoms with van der Waals surface area (Å²) in [6.07, 6.45) is 1.43. The van der Waals surface area contributed by atoms with Crippen molar-refractivity contribution in [1.82, 2.24) is 5.32 Å². The maximum atomic E-state index is 10.8. The number of carboxylic acids is 1. The molecule has 0 spiro atoms. The van der Waals surface area contributed by atoms with Crippen LogP contribution < -0.4 is 10.4 Å². The molecule has 6 heteroatoms. The van der Waals surface area contributed by atoms with E-state index in [1.54, 1.807) is 0 Å². The van der Waals surface area contributed by atoms with Crippen LogP contribution in [0.4, 0.5) is 0 Å². The van der Waals surface area contributed by atoms with Crippen molar-refractivity contribution in [2.24, 2.45) is 0 Å². The van der Waals surface area contributed by atoms with Crippen LogP contribution in [0.15, 0.2) is 11.5 Å². The number of carbonyl (C=O) groups is 1. The quantitative estimate of drug-likeness (QED) is 0.538. The molecule has 68 valence electrons. The van der Waals surface area contributed by atoms with Crippen molar-refractivity contribution in [1.29, 1.82) is 0 Å². The summed E-state index contributed by atoms with van der Waals surface area (Å²) in [6, 6.07) is -0.395. The minimum atomic E-state index is -3.10. The van der Waals surface area contributed by atoms with Gasteiger partial charge in [-0.25, -0.2) is 8.42 Å². The predicted octanol–water partition coefficient (Wildman–Crippen LogP) is -2.36. The summed E-state index contributed by atoms with van der Waals surface area (Å²) in [6.45, 7) is -0.329. The summed E-state index contributed by atoms with van der Waals surface area (Å²) in [5, 5.41) is 13.6. The van der Waals surface area contributed by atoms with E-state index in [1.165, 1.54) is 6.08 Å². The molecule has 0 saturated heterocycles. The number of hydrogen-bond acceptors (Lipinski definition) is 5. The maximum Gasteiger partial charge on any atom is 0.173 e. The summed E-state index contributed by atoms with van der Waals surface area (Å²) < 4.78 is 21.6. The molecule has 5 nitrogen and oxygen atoms in total. The Morgan fingerprint density at radius 2 is 2.33 bits per heavy atom. The molecule has 0 fully saturated rings. The zero-order valence-electron chi connectivity index (χ0n) is 6.19. The van der Waals surface area contributed by atoms with Crippen LogP contribution in [-0.2, 0) is 14.6 Å². The molecule has 1 atom stereocenters. The van der Waals surface area contributed by atoms with Gasteiger partial charge in [0.2, 0.25) is 0 Å². The Balaban J connectivity index is 2.40. The minimum absolute atomic E-state index is 0.0692. The van der Waals surface area contributed by atoms with Crippen molar-refractivity contribution in [3.8, 4) is 0 Å². The van der Waals surface area contributed by atoms with Crippen molar-refractivity contribution < 1.29 is 18.3 Å². The van der Waals surface area contributed by atoms with Gasteiger partial charge in [0.25, 0.3) is 0 Å². The number of sulfone groups is 1. The summed E-state index contributed by atoms with van der Waals surface area (Å²) >= 11 is 0. The van der Waals surface area contributed by atoms with Crippen LogP contribution in [-0.4, -0.2) is 32.7 Å². The van der Waals surface area contributed by atoms with Crippen LogP contribution in [0.25, 0.3) is 0 Å². The Bertz CT molecular complexity index is 306. The largest absolute Gasteiger partial charge is 0.549 e. The molecule has 12 heavy (non-hydrogen) atoms. The molecule has 1 aliphatic heterocycles. The van der Waals surface area contributed by atoms with E-state index in [0.29, 0.717) is 0 Å². The molecule has 0 radical (unpaired) electrons. The highest BCUT2D eigenvalue weighted by Gasteiger charge is 2.20. The first-order valence-corrected chi connectivity index (χ1v) is 5.05. The zero-order valence-corrected chi connectivity index (χ0v) is 7.00. The van der Waals surface area contributed by atoms with Gasteiger partial charge in [-0.2, -0.15) is 0 Å². The standard InChI is InChI=1S/C6H9NO4S/c8-6(9)3-7-5-1-2-12(10,11)4-5/h1-2,5,7H,3-4H2,(H,8,9)/p-1. The monoisotopic (exact) mass is 190 g/mol. The maximum absolute atomic E-state index is 10.8. The molecule has 0 aromatic heterocycles. The molecule has 0 saturated carbocycles. The SMILES string of the molecule is O=C([O-])CNC1C=CS(=O)(=O)C1. The molecule has 0 bridgehead atoms. The lowest BCUT2D eigenvalue weighted by Gasteiger charge is -2.09. The first kappa shape index (κ1) is 9.21. The van der Waals surface area contributed by atoms with E-state index < -0.39 is 21.8 Å². The second-order valence-corrected chi connectivity index (χ2v) is 4.45. The second kappa shape index (κ2) is 3.24. The predicted molar refractivity (Wildman–Crippen MR) is 39.7 cm³/mol. The normalized spacial score (nSPS) is 25.8. The highest BCUT2D eigenvalue weighted by Crippen LogP contribution is 2.06. The highest BCUT2D eigenvalue weighted by atomic mass is 32.2. The third kappa shape index (κ3) is 2.63. The van der Waals surface area contributed by atoms with Crippen molar-refractivity contribution >= 4 is 15.8 Å². The minimum Gasteiger partial charge on any atom is -0.549 e. The van der Waals surface area contributed by atoms with Crippen LogP contribution in [0.3, 0.4) is 0 Å². The van der Waals surface area contributed by atoms with Gasteiger partial charge in [-0.15, -0.1) is 0 Å². The van der Waals surface area contributed by atoms with Gasteiger partial charge >= 0.3 is 0 Å². The first-order valence-electron chi connectivity index (χ1n) is 3.34. The van der Waals surface area contributed by atoms with Gasteiger partial charge in [-0.3, -0.25) is 0 Å². The van der Waals surface area contributed by atoms with Crippen LogP contribution in [0.2, 0.25) is 0 Å². The molecule has 1 rings (SSSR count). The molecule has 1 N–H and O–H groups in total. The molecule has 0 aromatic carbocycles. The number of hydrogen-bond donors (Lipinski definition) is 1. The third-order valence-corrected chi connectivity index (χ3v) is 2.83. The second-order valence-electron chi connectivity index (χ2n) is 2.52. The molecule has 0 amide bonds. The fourth-order valence-corrected chi connectivity index (χ4v) is 2.19. The smallest absolute Gasteiger partial charge is 0.173 e. The van der Waals surface area contributed by atoms with E-state index in [2.05, 4.69) is 5.32 Å². The summed E-state index contributed by atoms with van der Waals surface area (Å²) in [4.78, 5) is 9.97. The molecule has 0 aliphatic carbocycles. The van der Waals surface area contributed by atoms with Crippen LogP contribution in [0.5, 0.6) is 0 Å². The van der Waals surface area contributed by atoms with E-state index in [4.69, 9.17) is 0 Å². The Morgan fingerprint density at radius 1 is 1.67 bits per heavy atom. The Morgan fingerprint density at radius 3 is 2.75 bits per heavy atom. The van der Waals surface area contributed by atoms with Crippen LogP contribution >= 0.6 is 0 Å². The van der Waals surface area contributed by atoms with Crippen molar-refractivity contribution in [2.45, 2.75) is 6.04 Å². The fraction of sp³-hybridized carbons (Fsp3) is 0.500. The number of aliphatic carboxylic acids is 1. The van der Waals surface area contributed by atoms with Gasteiger partial charge in [0, 0.05) is 18.0 Å². The Labute approximate surface area is 70.0 Å². The lowest BCUT2D eigenvalue weighted by molar-refractivity contribution is -0.304. The van der Waals surface area contributed by atoms with Gasteiger partial charge in [-0.1, -0.05) is 6.08 Å². The summed E-state index contributed by atoms with van der Waals surface area (Å²) in [5.41, 5.74) is 0. The number of nitrogens with one attached hydrogen (secondary N) is 1. The number of carbonyl (C=O) groups excluding carboxylic acids is 1. The summed E-state index contributed by atoms with van der Waals surface area (Å²) in [5.74, 6) is -1.31. The number of rotatable bonds is 3. The first-order chi connectivity index (χ1) is 5.49. The van der Waals surface area contributed by atoms with Crippen molar-refractivity contribution in [3.63, 3.8) is 0 Å². The van der Waals surface area contributed by atoms with E-state index in [1.807, 2.05) is 0 Å². The zero-order chi connectivity index (χ0) is 9.19. The van der Waals surface area contributed by atoms with E-state index in [9.17, 15) is 18.3 Å².